The summed E-state index contributed by atoms with van der Waals surface area (Å²) in [6.07, 6.45) is 0. The molecule has 0 atom stereocenters. The molecule has 1 aromatic carbocycles. The van der Waals surface area contributed by atoms with Crippen LogP contribution in [0.4, 0.5) is 11.4 Å². The van der Waals surface area contributed by atoms with Gasteiger partial charge >= 0.3 is 0 Å². The second-order valence-corrected chi connectivity index (χ2v) is 7.90. The number of halogens is 2. The van der Waals surface area contributed by atoms with Crippen LogP contribution < -0.4 is 10.5 Å². The van der Waals surface area contributed by atoms with E-state index in [1.54, 1.807) is 23.6 Å². The Balaban J connectivity index is 2.33. The monoisotopic (exact) mass is 414 g/mol. The van der Waals surface area contributed by atoms with Gasteiger partial charge in [-0.05, 0) is 46.9 Å². The van der Waals surface area contributed by atoms with Crippen LogP contribution in [0.1, 0.15) is 0 Å². The number of hydrogen-bond acceptors (Lipinski definition) is 4. The van der Waals surface area contributed by atoms with E-state index in [2.05, 4.69) is 27.3 Å². The predicted molar refractivity (Wildman–Crippen MR) is 83.7 cm³/mol. The van der Waals surface area contributed by atoms with Crippen molar-refractivity contribution < 1.29 is 8.42 Å². The average Bonchev–Trinajstić information content (AvgIpc) is 2.70. The molecule has 0 aliphatic heterocycles. The van der Waals surface area contributed by atoms with Crippen LogP contribution >= 0.6 is 45.5 Å². The molecule has 0 unspecified atom stereocenters. The fourth-order valence-corrected chi connectivity index (χ4v) is 4.36. The lowest BCUT2D eigenvalue weighted by molar-refractivity contribution is 0.603. The zero-order valence-electron chi connectivity index (χ0n) is 8.85. The summed E-state index contributed by atoms with van der Waals surface area (Å²) in [7, 11) is -3.63. The second kappa shape index (κ2) is 5.24. The zero-order chi connectivity index (χ0) is 13.3. The molecule has 2 aromatic rings. The van der Waals surface area contributed by atoms with Crippen molar-refractivity contribution in [1.29, 1.82) is 0 Å². The standard InChI is InChI=1S/C10H8ClIN2O2S2/c11-8-3-6(12)1-2-9(8)14-18(15,16)10-4-7(13)5-17-10/h1-5,14H,13H2. The van der Waals surface area contributed by atoms with Gasteiger partial charge in [0.15, 0.2) is 0 Å². The van der Waals surface area contributed by atoms with Crippen molar-refractivity contribution in [2.75, 3.05) is 10.5 Å². The molecular weight excluding hydrogens is 407 g/mol. The largest absolute Gasteiger partial charge is 0.398 e. The maximum absolute atomic E-state index is 12.0. The van der Waals surface area contributed by atoms with Crippen molar-refractivity contribution >= 4 is 66.9 Å². The molecule has 1 aromatic heterocycles. The van der Waals surface area contributed by atoms with Crippen molar-refractivity contribution in [2.24, 2.45) is 0 Å². The molecule has 18 heavy (non-hydrogen) atoms. The summed E-state index contributed by atoms with van der Waals surface area (Å²) in [5, 5.41) is 1.93. The Hall–Kier alpha value is -0.510. The minimum atomic E-state index is -3.63. The number of benzene rings is 1. The van der Waals surface area contributed by atoms with Gasteiger partial charge in [0, 0.05) is 14.6 Å². The number of anilines is 2. The highest BCUT2D eigenvalue weighted by Crippen LogP contribution is 2.28. The molecule has 0 saturated heterocycles. The summed E-state index contributed by atoms with van der Waals surface area (Å²) < 4.78 is 27.6. The minimum absolute atomic E-state index is 0.162. The highest BCUT2D eigenvalue weighted by molar-refractivity contribution is 14.1. The number of rotatable bonds is 3. The molecule has 0 bridgehead atoms. The van der Waals surface area contributed by atoms with Crippen LogP contribution in [0.15, 0.2) is 33.9 Å². The van der Waals surface area contributed by atoms with Gasteiger partial charge in [0.1, 0.15) is 4.21 Å². The van der Waals surface area contributed by atoms with E-state index in [0.29, 0.717) is 16.4 Å². The number of thiophene rings is 1. The Morgan fingerprint density at radius 1 is 1.33 bits per heavy atom. The van der Waals surface area contributed by atoms with Crippen LogP contribution in [0.3, 0.4) is 0 Å². The maximum Gasteiger partial charge on any atom is 0.271 e. The Kier molecular flexibility index (Phi) is 4.05. The molecule has 96 valence electrons. The molecular formula is C10H8ClIN2O2S2. The molecule has 0 amide bonds. The third-order valence-corrected chi connectivity index (χ3v) is 5.84. The Bertz CT molecular complexity index is 685. The van der Waals surface area contributed by atoms with Gasteiger partial charge in [-0.15, -0.1) is 11.3 Å². The first-order chi connectivity index (χ1) is 8.38. The maximum atomic E-state index is 12.0. The van der Waals surface area contributed by atoms with Gasteiger partial charge in [-0.25, -0.2) is 8.42 Å². The van der Waals surface area contributed by atoms with E-state index in [0.717, 1.165) is 14.9 Å². The summed E-state index contributed by atoms with van der Waals surface area (Å²) in [6, 6.07) is 6.49. The summed E-state index contributed by atoms with van der Waals surface area (Å²) in [5.41, 5.74) is 6.29. The first-order valence-electron chi connectivity index (χ1n) is 4.70. The lowest BCUT2D eigenvalue weighted by Crippen LogP contribution is -2.11. The van der Waals surface area contributed by atoms with Crippen molar-refractivity contribution in [3.63, 3.8) is 0 Å². The van der Waals surface area contributed by atoms with Gasteiger partial charge in [0.25, 0.3) is 10.0 Å². The predicted octanol–water partition coefficient (Wildman–Crippen LogP) is 3.39. The summed E-state index contributed by atoms with van der Waals surface area (Å²) in [6.45, 7) is 0. The van der Waals surface area contributed by atoms with E-state index in [1.807, 2.05) is 0 Å². The molecule has 0 fully saturated rings. The van der Waals surface area contributed by atoms with Crippen molar-refractivity contribution in [3.05, 3.63) is 38.2 Å². The first kappa shape index (κ1) is 13.9. The fraction of sp³-hybridized carbons (Fsp3) is 0. The van der Waals surface area contributed by atoms with Crippen LogP contribution in [-0.4, -0.2) is 8.42 Å². The average molecular weight is 415 g/mol. The van der Waals surface area contributed by atoms with E-state index < -0.39 is 10.0 Å². The molecule has 0 spiro atoms. The Morgan fingerprint density at radius 2 is 2.06 bits per heavy atom. The molecule has 1 heterocycles. The topological polar surface area (TPSA) is 72.2 Å². The van der Waals surface area contributed by atoms with E-state index in [1.165, 1.54) is 6.07 Å². The smallest absolute Gasteiger partial charge is 0.271 e. The van der Waals surface area contributed by atoms with Crippen LogP contribution in [0.5, 0.6) is 0 Å². The summed E-state index contributed by atoms with van der Waals surface area (Å²) in [5.74, 6) is 0. The molecule has 3 N–H and O–H groups in total. The normalized spacial score (nSPS) is 11.4. The van der Waals surface area contributed by atoms with Gasteiger partial charge in [-0.3, -0.25) is 4.72 Å². The fourth-order valence-electron chi connectivity index (χ4n) is 1.24. The van der Waals surface area contributed by atoms with Crippen LogP contribution in [0, 0.1) is 3.57 Å². The number of hydrogen-bond donors (Lipinski definition) is 2. The molecule has 0 saturated carbocycles. The number of nitrogens with one attached hydrogen (secondary N) is 1. The minimum Gasteiger partial charge on any atom is -0.398 e. The van der Waals surface area contributed by atoms with Crippen molar-refractivity contribution in [1.82, 2.24) is 0 Å². The van der Waals surface area contributed by atoms with Gasteiger partial charge in [0.05, 0.1) is 10.7 Å². The van der Waals surface area contributed by atoms with Crippen LogP contribution in [-0.2, 0) is 10.0 Å². The third-order valence-electron chi connectivity index (χ3n) is 2.04. The van der Waals surface area contributed by atoms with Crippen LogP contribution in [0.2, 0.25) is 5.02 Å². The van der Waals surface area contributed by atoms with E-state index in [4.69, 9.17) is 17.3 Å². The molecule has 0 aliphatic carbocycles. The number of sulfonamides is 1. The highest BCUT2D eigenvalue weighted by atomic mass is 127. The van der Waals surface area contributed by atoms with E-state index >= 15 is 0 Å². The molecule has 2 rings (SSSR count). The lowest BCUT2D eigenvalue weighted by atomic mass is 10.3. The van der Waals surface area contributed by atoms with Crippen molar-refractivity contribution in [2.45, 2.75) is 4.21 Å². The molecule has 0 radical (unpaired) electrons. The quantitative estimate of drug-likeness (QED) is 0.756. The third kappa shape index (κ3) is 3.08. The summed E-state index contributed by atoms with van der Waals surface area (Å²) >= 11 is 9.14. The second-order valence-electron chi connectivity index (χ2n) is 3.43. The Labute approximate surface area is 127 Å². The van der Waals surface area contributed by atoms with Gasteiger partial charge < -0.3 is 5.73 Å². The van der Waals surface area contributed by atoms with E-state index in [9.17, 15) is 8.42 Å². The summed E-state index contributed by atoms with van der Waals surface area (Å²) in [4.78, 5) is 0. The molecule has 8 heteroatoms. The Morgan fingerprint density at radius 3 is 2.61 bits per heavy atom. The zero-order valence-corrected chi connectivity index (χ0v) is 13.4. The van der Waals surface area contributed by atoms with Gasteiger partial charge in [-0.1, -0.05) is 11.6 Å². The highest BCUT2D eigenvalue weighted by Gasteiger charge is 2.17. The van der Waals surface area contributed by atoms with Crippen molar-refractivity contribution in [3.8, 4) is 0 Å². The van der Waals surface area contributed by atoms with Crippen LogP contribution in [0.25, 0.3) is 0 Å². The molecule has 0 aliphatic rings. The van der Waals surface area contributed by atoms with Gasteiger partial charge in [0.2, 0.25) is 0 Å². The lowest BCUT2D eigenvalue weighted by Gasteiger charge is -2.08. The first-order valence-corrected chi connectivity index (χ1v) is 8.52. The SMILES string of the molecule is Nc1csc(S(=O)(=O)Nc2ccc(I)cc2Cl)c1. The molecule has 4 nitrogen and oxygen atoms in total. The van der Waals surface area contributed by atoms with E-state index in [-0.39, 0.29) is 4.21 Å². The van der Waals surface area contributed by atoms with Gasteiger partial charge in [-0.2, -0.15) is 0 Å². The number of nitrogen functional groups attached to an aromatic ring is 1. The number of nitrogens with two attached hydrogens (primary N) is 1.